The number of nitrogens with zero attached hydrogens (tertiary/aromatic N) is 1. The van der Waals surface area contributed by atoms with Crippen LogP contribution in [0.25, 0.3) is 0 Å². The van der Waals surface area contributed by atoms with Crippen molar-refractivity contribution in [3.05, 3.63) is 59.2 Å². The Labute approximate surface area is 162 Å². The molecule has 2 amide bonds. The summed E-state index contributed by atoms with van der Waals surface area (Å²) in [5, 5.41) is 17.2. The molecule has 8 nitrogen and oxygen atoms in total. The second-order valence-electron chi connectivity index (χ2n) is 5.64. The Kier molecular flexibility index (Phi) is 7.27. The van der Waals surface area contributed by atoms with Crippen LogP contribution < -0.4 is 20.6 Å². The molecule has 0 aliphatic carbocycles. The molecule has 0 heterocycles. The zero-order valence-electron chi connectivity index (χ0n) is 15.5. The Hall–Kier alpha value is -3.68. The molecule has 0 saturated heterocycles. The molecule has 0 fully saturated rings. The lowest BCUT2D eigenvalue weighted by molar-refractivity contribution is -0.255. The molecule has 2 aromatic carbocycles. The fraction of sp³-hybridized carbons (Fsp3) is 0.200. The Morgan fingerprint density at radius 2 is 1.86 bits per heavy atom. The number of aromatic carboxylic acids is 1. The normalized spacial score (nSPS) is 10.5. The summed E-state index contributed by atoms with van der Waals surface area (Å²) in [5.41, 5.74) is 3.81. The molecule has 0 bridgehead atoms. The molecule has 2 rings (SSSR count). The topological polar surface area (TPSA) is 120 Å². The number of anilines is 1. The van der Waals surface area contributed by atoms with Gasteiger partial charge in [0.15, 0.2) is 0 Å². The van der Waals surface area contributed by atoms with Gasteiger partial charge in [-0.15, -0.1) is 0 Å². The highest BCUT2D eigenvalue weighted by atomic mass is 16.5. The number of hydrogen-bond donors (Lipinski definition) is 2. The van der Waals surface area contributed by atoms with E-state index in [9.17, 15) is 19.5 Å². The average molecular weight is 382 g/mol. The largest absolute Gasteiger partial charge is 0.545 e. The fourth-order valence-electron chi connectivity index (χ4n) is 2.40. The number of ether oxygens (including phenoxy) is 1. The third kappa shape index (κ3) is 5.41. The first kappa shape index (κ1) is 20.6. The van der Waals surface area contributed by atoms with Crippen molar-refractivity contribution in [2.24, 2.45) is 5.10 Å². The van der Waals surface area contributed by atoms with Crippen molar-refractivity contribution in [3.8, 4) is 5.75 Å². The summed E-state index contributed by atoms with van der Waals surface area (Å²) in [7, 11) is 0. The molecule has 0 radical (unpaired) electrons. The monoisotopic (exact) mass is 382 g/mol. The van der Waals surface area contributed by atoms with Crippen molar-refractivity contribution < 1.29 is 24.2 Å². The third-order valence-corrected chi connectivity index (χ3v) is 3.77. The van der Waals surface area contributed by atoms with Crippen molar-refractivity contribution in [2.45, 2.75) is 20.3 Å². The predicted octanol–water partition coefficient (Wildman–Crippen LogP) is 1.10. The number of carboxylic acids is 1. The van der Waals surface area contributed by atoms with Gasteiger partial charge < -0.3 is 20.0 Å². The van der Waals surface area contributed by atoms with Crippen LogP contribution in [-0.4, -0.2) is 30.6 Å². The quantitative estimate of drug-likeness (QED) is 0.422. The molecule has 0 atom stereocenters. The van der Waals surface area contributed by atoms with Gasteiger partial charge in [-0.05, 0) is 48.7 Å². The molecule has 0 spiro atoms. The average Bonchev–Trinajstić information content (AvgIpc) is 2.69. The van der Waals surface area contributed by atoms with Gasteiger partial charge in [-0.3, -0.25) is 9.59 Å². The highest BCUT2D eigenvalue weighted by Gasteiger charge is 2.14. The highest BCUT2D eigenvalue weighted by molar-refractivity contribution is 6.39. The van der Waals surface area contributed by atoms with Gasteiger partial charge in [-0.25, -0.2) is 5.43 Å². The number of rotatable bonds is 7. The molecule has 0 unspecified atom stereocenters. The van der Waals surface area contributed by atoms with E-state index in [-0.39, 0.29) is 5.56 Å². The molecule has 28 heavy (non-hydrogen) atoms. The Bertz CT molecular complexity index is 908. The minimum atomic E-state index is -1.35. The number of carbonyl (C=O) groups is 3. The van der Waals surface area contributed by atoms with Gasteiger partial charge in [0.2, 0.25) is 0 Å². The van der Waals surface area contributed by atoms with Crippen molar-refractivity contribution in [3.63, 3.8) is 0 Å². The van der Waals surface area contributed by atoms with Crippen LogP contribution in [0, 0.1) is 0 Å². The molecular weight excluding hydrogens is 362 g/mol. The van der Waals surface area contributed by atoms with Crippen LogP contribution in [0.5, 0.6) is 5.75 Å². The number of hydrazone groups is 1. The van der Waals surface area contributed by atoms with Crippen molar-refractivity contribution in [2.75, 3.05) is 11.9 Å². The number of aryl methyl sites for hydroxylation is 1. The van der Waals surface area contributed by atoms with Gasteiger partial charge in [0.05, 0.1) is 18.8 Å². The van der Waals surface area contributed by atoms with Gasteiger partial charge in [0, 0.05) is 11.3 Å². The molecule has 2 N–H and O–H groups in total. The van der Waals surface area contributed by atoms with Crippen molar-refractivity contribution in [1.82, 2.24) is 5.43 Å². The standard InChI is InChI=1S/C20H21N3O5/c1-3-13-7-5-6-8-16(13)22-18(24)19(25)23-21-12-15-11-14(20(26)27)9-10-17(15)28-4-2/h5-12H,3-4H2,1-2H3,(H,22,24)(H,23,25)(H,26,27)/p-1/b21-12-. The molecule has 146 valence electrons. The van der Waals surface area contributed by atoms with E-state index in [0.717, 1.165) is 5.56 Å². The maximum atomic E-state index is 12.0. The van der Waals surface area contributed by atoms with E-state index in [2.05, 4.69) is 15.8 Å². The summed E-state index contributed by atoms with van der Waals surface area (Å²) < 4.78 is 5.38. The Balaban J connectivity index is 2.07. The first-order chi connectivity index (χ1) is 13.5. The van der Waals surface area contributed by atoms with Crippen LogP contribution in [0.2, 0.25) is 0 Å². The predicted molar refractivity (Wildman–Crippen MR) is 102 cm³/mol. The number of amides is 2. The Morgan fingerprint density at radius 1 is 1.11 bits per heavy atom. The number of carbonyl (C=O) groups excluding carboxylic acids is 3. The van der Waals surface area contributed by atoms with Crippen LogP contribution >= 0.6 is 0 Å². The van der Waals surface area contributed by atoms with E-state index >= 15 is 0 Å². The van der Waals surface area contributed by atoms with E-state index in [0.29, 0.717) is 30.0 Å². The number of benzene rings is 2. The van der Waals surface area contributed by atoms with Crippen molar-refractivity contribution in [1.29, 1.82) is 0 Å². The lowest BCUT2D eigenvalue weighted by Gasteiger charge is -2.10. The number of hydrogen-bond acceptors (Lipinski definition) is 6. The van der Waals surface area contributed by atoms with Crippen LogP contribution in [0.15, 0.2) is 47.6 Å². The van der Waals surface area contributed by atoms with Gasteiger partial charge >= 0.3 is 11.8 Å². The fourth-order valence-corrected chi connectivity index (χ4v) is 2.40. The Morgan fingerprint density at radius 3 is 2.54 bits per heavy atom. The van der Waals surface area contributed by atoms with Crippen molar-refractivity contribution >= 4 is 29.7 Å². The molecule has 0 saturated carbocycles. The number of nitrogens with one attached hydrogen (secondary N) is 2. The number of para-hydroxylation sites is 1. The zero-order chi connectivity index (χ0) is 20.5. The second kappa shape index (κ2) is 9.86. The summed E-state index contributed by atoms with van der Waals surface area (Å²) >= 11 is 0. The summed E-state index contributed by atoms with van der Waals surface area (Å²) in [6.45, 7) is 4.07. The summed E-state index contributed by atoms with van der Waals surface area (Å²) in [6, 6.07) is 11.3. The minimum Gasteiger partial charge on any atom is -0.545 e. The molecule has 0 aliphatic heterocycles. The van der Waals surface area contributed by atoms with E-state index < -0.39 is 17.8 Å². The van der Waals surface area contributed by atoms with Crippen LogP contribution in [0.3, 0.4) is 0 Å². The van der Waals surface area contributed by atoms with Gasteiger partial charge in [-0.1, -0.05) is 25.1 Å². The molecular formula is C20H20N3O5-. The summed E-state index contributed by atoms with van der Waals surface area (Å²) in [5.74, 6) is -2.80. The maximum Gasteiger partial charge on any atom is 0.329 e. The van der Waals surface area contributed by atoms with Crippen LogP contribution in [0.1, 0.15) is 35.3 Å². The maximum absolute atomic E-state index is 12.0. The lowest BCUT2D eigenvalue weighted by Crippen LogP contribution is -2.32. The van der Waals surface area contributed by atoms with Gasteiger partial charge in [0.25, 0.3) is 0 Å². The van der Waals surface area contributed by atoms with Gasteiger partial charge in [-0.2, -0.15) is 5.10 Å². The van der Waals surface area contributed by atoms with E-state index in [4.69, 9.17) is 4.74 Å². The molecule has 0 aliphatic rings. The number of carboxylic acid groups (broad SMARTS) is 1. The highest BCUT2D eigenvalue weighted by Crippen LogP contribution is 2.18. The third-order valence-electron chi connectivity index (χ3n) is 3.77. The molecule has 0 aromatic heterocycles. The SMILES string of the molecule is CCOc1ccc(C(=O)[O-])cc1/C=N\NC(=O)C(=O)Nc1ccccc1CC. The van der Waals surface area contributed by atoms with E-state index in [1.54, 1.807) is 19.1 Å². The van der Waals surface area contributed by atoms with Gasteiger partial charge in [0.1, 0.15) is 5.75 Å². The smallest absolute Gasteiger partial charge is 0.329 e. The summed E-state index contributed by atoms with van der Waals surface area (Å²) in [6.07, 6.45) is 1.90. The lowest BCUT2D eigenvalue weighted by atomic mass is 10.1. The zero-order valence-corrected chi connectivity index (χ0v) is 15.5. The first-order valence-electron chi connectivity index (χ1n) is 8.66. The van der Waals surface area contributed by atoms with Crippen LogP contribution in [-0.2, 0) is 16.0 Å². The van der Waals surface area contributed by atoms with Crippen LogP contribution in [0.4, 0.5) is 5.69 Å². The summed E-state index contributed by atoms with van der Waals surface area (Å²) in [4.78, 5) is 35.0. The molecule has 2 aromatic rings. The second-order valence-corrected chi connectivity index (χ2v) is 5.64. The van der Waals surface area contributed by atoms with E-state index in [1.807, 2.05) is 19.1 Å². The molecule has 8 heteroatoms. The van der Waals surface area contributed by atoms with E-state index in [1.165, 1.54) is 24.4 Å². The minimum absolute atomic E-state index is 0.0647. The first-order valence-corrected chi connectivity index (χ1v) is 8.66.